The van der Waals surface area contributed by atoms with Gasteiger partial charge in [-0.1, -0.05) is 0 Å². The van der Waals surface area contributed by atoms with Crippen molar-refractivity contribution < 1.29 is 14.4 Å². The lowest BCUT2D eigenvalue weighted by molar-refractivity contribution is 0.0664. The minimum absolute atomic E-state index is 0.000683. The highest BCUT2D eigenvalue weighted by molar-refractivity contribution is 5.97. The Hall–Kier alpha value is -3.93. The second-order valence-electron chi connectivity index (χ2n) is 10.1. The van der Waals surface area contributed by atoms with Crippen LogP contribution in [0, 0.1) is 0 Å². The number of nitrogens with two attached hydrogens (primary N) is 1. The molecule has 0 unspecified atom stereocenters. The van der Waals surface area contributed by atoms with E-state index >= 15 is 0 Å². The summed E-state index contributed by atoms with van der Waals surface area (Å²) in [5.41, 5.74) is 6.86. The standard InChI is InChI=1S/C26H37N9O3/c1-17-20(30-26(38)32(2)3)6-5-11-35(17)21-16-28-22(23(27)36)24(31-21)29-19-9-7-18(8-10-19)25(37)34-14-12-33(4)13-15-34/h7-10,16-17,20H,5-6,11-15H2,1-4H3,(H2,27,36)(H,29,31)(H,30,38)/t17-,20-/m1/s1. The summed E-state index contributed by atoms with van der Waals surface area (Å²) >= 11 is 0. The topological polar surface area (TPSA) is 140 Å². The summed E-state index contributed by atoms with van der Waals surface area (Å²) < 4.78 is 0. The fraction of sp³-hybridized carbons (Fsp3) is 0.500. The first-order valence-corrected chi connectivity index (χ1v) is 12.9. The van der Waals surface area contributed by atoms with E-state index in [4.69, 9.17) is 10.7 Å². The van der Waals surface area contributed by atoms with E-state index < -0.39 is 5.91 Å². The molecule has 2 fully saturated rings. The van der Waals surface area contributed by atoms with Crippen LogP contribution in [0.4, 0.5) is 22.1 Å². The quantitative estimate of drug-likeness (QED) is 0.515. The van der Waals surface area contributed by atoms with Crippen molar-refractivity contribution >= 4 is 35.2 Å². The number of nitrogens with zero attached hydrogens (tertiary/aromatic N) is 6. The predicted molar refractivity (Wildman–Crippen MR) is 146 cm³/mol. The molecule has 2 saturated heterocycles. The summed E-state index contributed by atoms with van der Waals surface area (Å²) in [6.07, 6.45) is 3.26. The van der Waals surface area contributed by atoms with Gasteiger partial charge in [0.15, 0.2) is 11.5 Å². The molecular weight excluding hydrogens is 486 g/mol. The molecule has 0 bridgehead atoms. The zero-order chi connectivity index (χ0) is 27.4. The Balaban J connectivity index is 1.51. The Morgan fingerprint density at radius 1 is 1.05 bits per heavy atom. The molecule has 4 rings (SSSR count). The van der Waals surface area contributed by atoms with E-state index in [1.165, 1.54) is 11.1 Å². The van der Waals surface area contributed by atoms with Crippen LogP contribution in [-0.2, 0) is 0 Å². The Bertz CT molecular complexity index is 1160. The highest BCUT2D eigenvalue weighted by Gasteiger charge is 2.31. The first-order chi connectivity index (χ1) is 18.1. The number of carbonyl (C=O) groups is 3. The molecule has 2 aromatic rings. The van der Waals surface area contributed by atoms with Gasteiger partial charge in [0.05, 0.1) is 12.2 Å². The minimum Gasteiger partial charge on any atom is -0.364 e. The number of benzene rings is 1. The van der Waals surface area contributed by atoms with Crippen molar-refractivity contribution in [2.75, 3.05) is 64.1 Å². The number of aromatic nitrogens is 2. The van der Waals surface area contributed by atoms with Gasteiger partial charge < -0.3 is 36.0 Å². The van der Waals surface area contributed by atoms with Crippen LogP contribution >= 0.6 is 0 Å². The minimum atomic E-state index is -0.698. The molecule has 4 amide bonds. The van der Waals surface area contributed by atoms with E-state index in [0.29, 0.717) is 30.2 Å². The summed E-state index contributed by atoms with van der Waals surface area (Å²) in [7, 11) is 5.47. The van der Waals surface area contributed by atoms with Gasteiger partial charge in [-0.2, -0.15) is 0 Å². The smallest absolute Gasteiger partial charge is 0.317 e. The summed E-state index contributed by atoms with van der Waals surface area (Å²) in [4.78, 5) is 53.9. The molecule has 0 saturated carbocycles. The first kappa shape index (κ1) is 27.1. The van der Waals surface area contributed by atoms with E-state index in [1.807, 2.05) is 18.9 Å². The van der Waals surface area contributed by atoms with Crippen LogP contribution in [0.15, 0.2) is 30.5 Å². The van der Waals surface area contributed by atoms with Crippen LogP contribution < -0.4 is 21.3 Å². The van der Waals surface area contributed by atoms with Gasteiger partial charge in [0.1, 0.15) is 5.82 Å². The zero-order valence-electron chi connectivity index (χ0n) is 22.5. The van der Waals surface area contributed by atoms with Crippen molar-refractivity contribution in [3.05, 3.63) is 41.7 Å². The van der Waals surface area contributed by atoms with Crippen molar-refractivity contribution in [2.24, 2.45) is 5.73 Å². The summed E-state index contributed by atoms with van der Waals surface area (Å²) in [5.74, 6) is 0.117. The van der Waals surface area contributed by atoms with Gasteiger partial charge in [0.25, 0.3) is 11.8 Å². The number of primary amides is 1. The fourth-order valence-electron chi connectivity index (χ4n) is 4.76. The third-order valence-corrected chi connectivity index (χ3v) is 7.18. The van der Waals surface area contributed by atoms with Crippen molar-refractivity contribution in [3.63, 3.8) is 0 Å². The highest BCUT2D eigenvalue weighted by Crippen LogP contribution is 2.27. The lowest BCUT2D eigenvalue weighted by atomic mass is 9.97. The molecule has 3 heterocycles. The Morgan fingerprint density at radius 2 is 1.74 bits per heavy atom. The van der Waals surface area contributed by atoms with E-state index in [9.17, 15) is 14.4 Å². The number of anilines is 3. The lowest BCUT2D eigenvalue weighted by Crippen LogP contribution is -2.56. The highest BCUT2D eigenvalue weighted by atomic mass is 16.2. The Kier molecular flexibility index (Phi) is 8.30. The third kappa shape index (κ3) is 6.13. The van der Waals surface area contributed by atoms with Gasteiger partial charge in [-0.25, -0.2) is 14.8 Å². The van der Waals surface area contributed by atoms with E-state index in [0.717, 1.165) is 32.5 Å². The Morgan fingerprint density at radius 3 is 2.37 bits per heavy atom. The molecule has 1 aromatic carbocycles. The lowest BCUT2D eigenvalue weighted by Gasteiger charge is -2.40. The first-order valence-electron chi connectivity index (χ1n) is 12.9. The molecule has 2 aliphatic heterocycles. The van der Waals surface area contributed by atoms with Crippen molar-refractivity contribution in [3.8, 4) is 0 Å². The number of piperidine rings is 1. The van der Waals surface area contributed by atoms with Crippen LogP contribution in [0.2, 0.25) is 0 Å². The maximum atomic E-state index is 12.9. The van der Waals surface area contributed by atoms with Crippen LogP contribution in [0.25, 0.3) is 0 Å². The van der Waals surface area contributed by atoms with Crippen LogP contribution in [0.3, 0.4) is 0 Å². The van der Waals surface area contributed by atoms with Gasteiger partial charge in [-0.3, -0.25) is 9.59 Å². The average molecular weight is 524 g/mol. The molecule has 0 aliphatic carbocycles. The van der Waals surface area contributed by atoms with Crippen molar-refractivity contribution in [1.29, 1.82) is 0 Å². The number of rotatable bonds is 6. The fourth-order valence-corrected chi connectivity index (χ4v) is 4.76. The van der Waals surface area contributed by atoms with E-state index in [1.54, 1.807) is 38.4 Å². The third-order valence-electron chi connectivity index (χ3n) is 7.18. The molecule has 1 aromatic heterocycles. The molecule has 38 heavy (non-hydrogen) atoms. The summed E-state index contributed by atoms with van der Waals surface area (Å²) in [5, 5.41) is 6.22. The number of hydrogen-bond acceptors (Lipinski definition) is 8. The van der Waals surface area contributed by atoms with Gasteiger partial charge >= 0.3 is 6.03 Å². The van der Waals surface area contributed by atoms with E-state index in [-0.39, 0.29) is 35.5 Å². The molecule has 204 valence electrons. The molecule has 12 nitrogen and oxygen atoms in total. The number of nitrogens with one attached hydrogen (secondary N) is 2. The maximum Gasteiger partial charge on any atom is 0.317 e. The van der Waals surface area contributed by atoms with Gasteiger partial charge in [0, 0.05) is 64.1 Å². The summed E-state index contributed by atoms with van der Waals surface area (Å²) in [6, 6.07) is 6.84. The van der Waals surface area contributed by atoms with Crippen LogP contribution in [0.1, 0.15) is 40.6 Å². The second-order valence-corrected chi connectivity index (χ2v) is 10.1. The normalized spacial score (nSPS) is 20.1. The Labute approximate surface area is 223 Å². The number of piperazine rings is 1. The number of amides is 4. The van der Waals surface area contributed by atoms with E-state index in [2.05, 4.69) is 25.4 Å². The largest absolute Gasteiger partial charge is 0.364 e. The van der Waals surface area contributed by atoms with Gasteiger partial charge in [-0.05, 0) is 51.1 Å². The average Bonchev–Trinajstić information content (AvgIpc) is 2.90. The number of urea groups is 1. The molecule has 12 heteroatoms. The van der Waals surface area contributed by atoms with Crippen LogP contribution in [0.5, 0.6) is 0 Å². The molecule has 2 atom stereocenters. The number of carbonyl (C=O) groups excluding carboxylic acids is 3. The second kappa shape index (κ2) is 11.6. The number of hydrogen-bond donors (Lipinski definition) is 3. The molecule has 0 spiro atoms. The maximum absolute atomic E-state index is 12.9. The summed E-state index contributed by atoms with van der Waals surface area (Å²) in [6.45, 7) is 5.89. The van der Waals surface area contributed by atoms with Crippen molar-refractivity contribution in [1.82, 2.24) is 30.0 Å². The van der Waals surface area contributed by atoms with Gasteiger partial charge in [0.2, 0.25) is 0 Å². The van der Waals surface area contributed by atoms with Crippen molar-refractivity contribution in [2.45, 2.75) is 31.8 Å². The zero-order valence-corrected chi connectivity index (χ0v) is 22.5. The molecule has 4 N–H and O–H groups in total. The molecule has 2 aliphatic rings. The molecular formula is C26H37N9O3. The monoisotopic (exact) mass is 523 g/mol. The van der Waals surface area contributed by atoms with Gasteiger partial charge in [-0.15, -0.1) is 0 Å². The number of likely N-dealkylation sites (N-methyl/N-ethyl adjacent to an activating group) is 1. The van der Waals surface area contributed by atoms with Crippen LogP contribution in [-0.4, -0.2) is 108 Å². The predicted octanol–water partition coefficient (Wildman–Crippen LogP) is 1.34. The SMILES string of the molecule is C[C@@H]1[C@H](NC(=O)N(C)C)CCCN1c1cnc(C(N)=O)c(Nc2ccc(C(=O)N3CCN(C)CC3)cc2)n1. The molecule has 0 radical (unpaired) electrons.